The van der Waals surface area contributed by atoms with Gasteiger partial charge in [-0.05, 0) is 129 Å². The highest BCUT2D eigenvalue weighted by Gasteiger charge is 2.52. The van der Waals surface area contributed by atoms with Crippen LogP contribution in [-0.2, 0) is 5.41 Å². The number of nitrogens with zero attached hydrogens (tertiary/aromatic N) is 2. The Labute approximate surface area is 349 Å². The summed E-state index contributed by atoms with van der Waals surface area (Å²) in [6.07, 6.45) is 0. The molecule has 0 radical (unpaired) electrons. The van der Waals surface area contributed by atoms with Crippen LogP contribution in [0.3, 0.4) is 0 Å². The Morgan fingerprint density at radius 1 is 0.300 bits per heavy atom. The maximum atomic E-state index is 6.84. The molecule has 60 heavy (non-hydrogen) atoms. The molecule has 1 aliphatic carbocycles. The minimum atomic E-state index is -0.701. The van der Waals surface area contributed by atoms with Crippen molar-refractivity contribution in [1.29, 1.82) is 0 Å². The van der Waals surface area contributed by atoms with Gasteiger partial charge in [0.05, 0.1) is 5.41 Å². The zero-order chi connectivity index (χ0) is 39.6. The van der Waals surface area contributed by atoms with Gasteiger partial charge >= 0.3 is 0 Å². The fourth-order valence-corrected chi connectivity index (χ4v) is 10.1. The lowest BCUT2D eigenvalue weighted by Gasteiger charge is -2.40. The fourth-order valence-electron chi connectivity index (χ4n) is 10.1. The quantitative estimate of drug-likeness (QED) is 0.157. The van der Waals surface area contributed by atoms with Gasteiger partial charge in [0, 0.05) is 45.3 Å². The highest BCUT2D eigenvalue weighted by molar-refractivity contribution is 6.20. The van der Waals surface area contributed by atoms with Crippen molar-refractivity contribution in [3.8, 4) is 22.6 Å². The third-order valence-corrected chi connectivity index (χ3v) is 12.4. The number of ether oxygens (including phenoxy) is 1. The lowest BCUT2D eigenvalue weighted by atomic mass is 9.65. The molecule has 0 bridgehead atoms. The number of hydrogen-bond acceptors (Lipinski definition) is 3. The topological polar surface area (TPSA) is 15.7 Å². The van der Waals surface area contributed by atoms with E-state index in [9.17, 15) is 0 Å². The van der Waals surface area contributed by atoms with Crippen molar-refractivity contribution in [3.63, 3.8) is 0 Å². The predicted molar refractivity (Wildman–Crippen MR) is 248 cm³/mol. The SMILES string of the molecule is c1ccc(N(c2ccccc2)c2ccc3c(c2)C2(c4ccccc4Oc4ccccc42)c2c-3c3ccccc3c3cc(N(c4ccccc4)c4ccccc4)ccc23)cc1. The van der Waals surface area contributed by atoms with Crippen LogP contribution in [0, 0.1) is 0 Å². The standard InChI is InChI=1S/C57H38N2O/c1-5-19-39(20-6-1)58(40-21-7-2-8-22-40)43-33-35-47-49(37-43)45-27-13-14-28-46(45)55-48-36-34-44(59(41-23-9-3-10-24-41)42-25-11-4-12-26-42)38-52(48)57(56(47)55)50-29-15-17-31-53(50)60-54-32-18-16-30-51(54)57/h1-38H. The van der Waals surface area contributed by atoms with Gasteiger partial charge in [0.2, 0.25) is 0 Å². The lowest BCUT2D eigenvalue weighted by Crippen LogP contribution is -2.32. The van der Waals surface area contributed by atoms with E-state index in [2.05, 4.69) is 240 Å². The molecule has 1 heterocycles. The first-order valence-corrected chi connectivity index (χ1v) is 20.6. The molecule has 2 aliphatic rings. The minimum absolute atomic E-state index is 0.701. The smallest absolute Gasteiger partial charge is 0.132 e. The van der Waals surface area contributed by atoms with Crippen LogP contribution in [0.1, 0.15) is 22.3 Å². The van der Waals surface area contributed by atoms with Crippen LogP contribution >= 0.6 is 0 Å². The summed E-state index contributed by atoms with van der Waals surface area (Å²) >= 11 is 0. The molecule has 0 saturated carbocycles. The van der Waals surface area contributed by atoms with Gasteiger partial charge in [-0.25, -0.2) is 0 Å². The van der Waals surface area contributed by atoms with Crippen LogP contribution in [0.2, 0.25) is 0 Å². The highest BCUT2D eigenvalue weighted by Crippen LogP contribution is 2.65. The molecule has 12 rings (SSSR count). The summed E-state index contributed by atoms with van der Waals surface area (Å²) in [7, 11) is 0. The van der Waals surface area contributed by atoms with Crippen LogP contribution in [-0.4, -0.2) is 0 Å². The van der Waals surface area contributed by atoms with E-state index in [0.717, 1.165) is 56.8 Å². The summed E-state index contributed by atoms with van der Waals surface area (Å²) in [6.45, 7) is 0. The number of benzene rings is 10. The normalized spacial score (nSPS) is 12.9. The molecule has 1 aliphatic heterocycles. The molecule has 10 aromatic carbocycles. The molecule has 10 aromatic rings. The second-order valence-corrected chi connectivity index (χ2v) is 15.6. The molecular formula is C57H38N2O. The van der Waals surface area contributed by atoms with E-state index in [1.54, 1.807) is 0 Å². The number of hydrogen-bond donors (Lipinski definition) is 0. The van der Waals surface area contributed by atoms with E-state index >= 15 is 0 Å². The zero-order valence-corrected chi connectivity index (χ0v) is 32.7. The molecule has 3 nitrogen and oxygen atoms in total. The molecular weight excluding hydrogens is 729 g/mol. The van der Waals surface area contributed by atoms with Gasteiger partial charge in [0.15, 0.2) is 0 Å². The van der Waals surface area contributed by atoms with Crippen LogP contribution in [0.25, 0.3) is 32.7 Å². The van der Waals surface area contributed by atoms with Gasteiger partial charge in [0.25, 0.3) is 0 Å². The van der Waals surface area contributed by atoms with E-state index in [4.69, 9.17) is 4.74 Å². The first-order valence-electron chi connectivity index (χ1n) is 20.6. The van der Waals surface area contributed by atoms with E-state index in [-0.39, 0.29) is 0 Å². The van der Waals surface area contributed by atoms with Gasteiger partial charge in [-0.3, -0.25) is 0 Å². The molecule has 0 aromatic heterocycles. The first kappa shape index (κ1) is 34.2. The van der Waals surface area contributed by atoms with Crippen molar-refractivity contribution in [2.24, 2.45) is 0 Å². The maximum Gasteiger partial charge on any atom is 0.132 e. The van der Waals surface area contributed by atoms with E-state index in [0.29, 0.717) is 0 Å². The molecule has 0 amide bonds. The maximum absolute atomic E-state index is 6.84. The van der Waals surface area contributed by atoms with Gasteiger partial charge in [-0.2, -0.15) is 0 Å². The average Bonchev–Trinajstić information content (AvgIpc) is 3.62. The number of rotatable bonds is 6. The third-order valence-electron chi connectivity index (χ3n) is 12.4. The van der Waals surface area contributed by atoms with E-state index in [1.807, 2.05) is 0 Å². The lowest BCUT2D eigenvalue weighted by molar-refractivity contribution is 0.437. The van der Waals surface area contributed by atoms with Crippen molar-refractivity contribution >= 4 is 55.7 Å². The van der Waals surface area contributed by atoms with Crippen LogP contribution in [0.5, 0.6) is 11.5 Å². The Morgan fingerprint density at radius 3 is 1.27 bits per heavy atom. The largest absolute Gasteiger partial charge is 0.457 e. The van der Waals surface area contributed by atoms with Gasteiger partial charge in [-0.15, -0.1) is 0 Å². The van der Waals surface area contributed by atoms with Crippen molar-refractivity contribution in [2.45, 2.75) is 5.41 Å². The van der Waals surface area contributed by atoms with E-state index in [1.165, 1.54) is 43.8 Å². The van der Waals surface area contributed by atoms with Gasteiger partial charge in [0.1, 0.15) is 11.5 Å². The molecule has 3 heteroatoms. The Kier molecular flexibility index (Phi) is 7.76. The summed E-state index contributed by atoms with van der Waals surface area (Å²) in [4.78, 5) is 4.73. The molecule has 0 fully saturated rings. The third kappa shape index (κ3) is 5.03. The van der Waals surface area contributed by atoms with Gasteiger partial charge in [-0.1, -0.05) is 146 Å². The second-order valence-electron chi connectivity index (χ2n) is 15.6. The fraction of sp³-hybridized carbons (Fsp3) is 0.0175. The molecule has 1 spiro atoms. The molecule has 0 saturated heterocycles. The Hall–Kier alpha value is -7.88. The van der Waals surface area contributed by atoms with Crippen LogP contribution in [0.15, 0.2) is 231 Å². The van der Waals surface area contributed by atoms with E-state index < -0.39 is 5.41 Å². The Balaban J connectivity index is 1.21. The van der Waals surface area contributed by atoms with Crippen molar-refractivity contribution in [2.75, 3.05) is 9.80 Å². The Bertz CT molecular complexity index is 3110. The summed E-state index contributed by atoms with van der Waals surface area (Å²) in [6, 6.07) is 83.3. The van der Waals surface area contributed by atoms with Crippen LogP contribution < -0.4 is 14.5 Å². The number of para-hydroxylation sites is 6. The molecule has 0 N–H and O–H groups in total. The molecule has 282 valence electrons. The molecule has 0 atom stereocenters. The average molecular weight is 767 g/mol. The summed E-state index contributed by atoms with van der Waals surface area (Å²) in [5.74, 6) is 1.75. The van der Waals surface area contributed by atoms with Crippen molar-refractivity contribution < 1.29 is 4.74 Å². The predicted octanol–water partition coefficient (Wildman–Crippen LogP) is 15.4. The summed E-state index contributed by atoms with van der Waals surface area (Å²) in [5.41, 5.74) is 13.2. The second kappa shape index (κ2) is 13.6. The van der Waals surface area contributed by atoms with Crippen molar-refractivity contribution in [1.82, 2.24) is 0 Å². The van der Waals surface area contributed by atoms with Gasteiger partial charge < -0.3 is 14.5 Å². The summed E-state index contributed by atoms with van der Waals surface area (Å²) in [5, 5.41) is 4.90. The zero-order valence-electron chi connectivity index (χ0n) is 32.7. The minimum Gasteiger partial charge on any atom is -0.457 e. The first-order chi connectivity index (χ1) is 29.8. The monoisotopic (exact) mass is 766 g/mol. The molecule has 0 unspecified atom stereocenters. The van der Waals surface area contributed by atoms with Crippen LogP contribution in [0.4, 0.5) is 34.1 Å². The summed E-state index contributed by atoms with van der Waals surface area (Å²) < 4.78 is 6.84. The Morgan fingerprint density at radius 2 is 0.733 bits per heavy atom. The van der Waals surface area contributed by atoms with Crippen molar-refractivity contribution in [3.05, 3.63) is 253 Å². The number of fused-ring (bicyclic) bond motifs is 14. The highest BCUT2D eigenvalue weighted by atomic mass is 16.5. The number of anilines is 6.